The monoisotopic (exact) mass is 955 g/mol. The van der Waals surface area contributed by atoms with Gasteiger partial charge in [0.05, 0.1) is 27.8 Å². The van der Waals surface area contributed by atoms with E-state index in [-0.39, 0.29) is 68.1 Å². The molecule has 66 heavy (non-hydrogen) atoms. The maximum Gasteiger partial charge on any atom is 0.460 e. The van der Waals surface area contributed by atoms with Gasteiger partial charge in [0.1, 0.15) is 34.5 Å². The van der Waals surface area contributed by atoms with Crippen molar-refractivity contribution in [1.82, 2.24) is 0 Å². The highest BCUT2D eigenvalue weighted by Gasteiger charge is 2.49. The molecule has 1 aliphatic rings. The Kier molecular flexibility index (Phi) is 13.1. The van der Waals surface area contributed by atoms with Crippen molar-refractivity contribution in [1.29, 1.82) is 0 Å². The molecule has 336 valence electrons. The number of aromatic carboxylic acids is 5. The summed E-state index contributed by atoms with van der Waals surface area (Å²) >= 11 is 0. The molecule has 6 aromatic carbocycles. The largest absolute Gasteiger partial charge is 0.478 e. The van der Waals surface area contributed by atoms with Crippen LogP contribution in [0, 0.1) is 0 Å². The zero-order chi connectivity index (χ0) is 47.2. The number of Topliss-reactive ketones (excluding diaryl/α,β-unsaturated/α-hetero) is 1. The van der Waals surface area contributed by atoms with Crippen molar-refractivity contribution in [3.05, 3.63) is 179 Å². The summed E-state index contributed by atoms with van der Waals surface area (Å²) in [6.07, 6.45) is 0. The fraction of sp³-hybridized carbons (Fsp3) is 0.0233. The Bertz CT molecular complexity index is 2510. The minimum Gasteiger partial charge on any atom is -0.478 e. The van der Waals surface area contributed by atoms with Gasteiger partial charge in [-0.25, -0.2) is 24.0 Å². The maximum absolute atomic E-state index is 12.3. The molecule has 20 nitrogen and oxygen atoms in total. The number of hydrogen-bond acceptors (Lipinski definition) is 15. The van der Waals surface area contributed by atoms with Crippen molar-refractivity contribution in [2.45, 2.75) is 6.92 Å². The van der Waals surface area contributed by atoms with Crippen LogP contribution in [0.3, 0.4) is 0 Å². The summed E-state index contributed by atoms with van der Waals surface area (Å²) in [6, 6.07) is 30.5. The molecule has 1 atom stereocenters. The van der Waals surface area contributed by atoms with E-state index in [2.05, 4.69) is 0 Å². The molecule has 0 saturated heterocycles. The van der Waals surface area contributed by atoms with Crippen molar-refractivity contribution in [2.24, 2.45) is 13.5 Å². The molecule has 0 radical (unpaired) electrons. The van der Waals surface area contributed by atoms with E-state index in [4.69, 9.17) is 40.7 Å². The van der Waals surface area contributed by atoms with Crippen LogP contribution in [-0.4, -0.2) is 61.2 Å². The molecule has 6 aromatic rings. The molecule has 0 bridgehead atoms. The third-order valence-electron chi connectivity index (χ3n) is 8.79. The molecule has 0 aliphatic carbocycles. The average molecular weight is 956 g/mol. The van der Waals surface area contributed by atoms with Crippen LogP contribution in [0.1, 0.15) is 69.1 Å². The predicted octanol–water partition coefficient (Wildman–Crippen LogP) is 11.0. The van der Waals surface area contributed by atoms with Gasteiger partial charge in [0.25, 0.3) is 0 Å². The van der Waals surface area contributed by atoms with Gasteiger partial charge in [-0.15, -0.1) is 0 Å². The second kappa shape index (κ2) is 18.9. The predicted molar refractivity (Wildman–Crippen MR) is 235 cm³/mol. The van der Waals surface area contributed by atoms with E-state index in [0.29, 0.717) is 5.56 Å². The Balaban J connectivity index is 1.58. The molecule has 23 heteroatoms. The molecule has 7 rings (SSSR count). The van der Waals surface area contributed by atoms with Gasteiger partial charge in [-0.3, -0.25) is 4.79 Å². The van der Waals surface area contributed by atoms with Gasteiger partial charge in [-0.05, 0) is 153 Å². The lowest BCUT2D eigenvalue weighted by atomic mass is 10.1. The topological polar surface area (TPSA) is 296 Å². The summed E-state index contributed by atoms with van der Waals surface area (Å²) in [5.41, 5.74) is -0.385. The summed E-state index contributed by atoms with van der Waals surface area (Å²) < 4.78 is 54.2. The van der Waals surface area contributed by atoms with Crippen molar-refractivity contribution < 1.29 is 81.4 Å². The molecule has 1 heterocycles. The highest BCUT2D eigenvalue weighted by molar-refractivity contribution is 7.79. The zero-order valence-electron chi connectivity index (χ0n) is 33.7. The first-order valence-corrected chi connectivity index (χ1v) is 23.4. The van der Waals surface area contributed by atoms with E-state index in [0.717, 1.165) is 0 Å². The molecule has 0 spiro atoms. The number of carboxylic acid groups (broad SMARTS) is 5. The van der Waals surface area contributed by atoms with E-state index < -0.39 is 52.8 Å². The molecular formula is C43H32N3O17P3. The van der Waals surface area contributed by atoms with Gasteiger partial charge < -0.3 is 52.7 Å². The number of carbonyl (C=O) groups excluding carboxylic acids is 1. The van der Waals surface area contributed by atoms with E-state index in [1.807, 2.05) is 0 Å². The molecule has 0 fully saturated rings. The van der Waals surface area contributed by atoms with Crippen LogP contribution >= 0.6 is 23.0 Å². The zero-order valence-corrected chi connectivity index (χ0v) is 36.4. The number of benzene rings is 6. The van der Waals surface area contributed by atoms with Crippen molar-refractivity contribution in [2.75, 3.05) is 0 Å². The summed E-state index contributed by atoms with van der Waals surface area (Å²) in [7, 11) is -14.0. The van der Waals surface area contributed by atoms with Gasteiger partial charge in [-0.2, -0.15) is 0 Å². The second-order valence-electron chi connectivity index (χ2n) is 13.5. The van der Waals surface area contributed by atoms with Crippen molar-refractivity contribution in [3.8, 4) is 34.5 Å². The Labute approximate surface area is 373 Å². The third-order valence-corrected chi connectivity index (χ3v) is 16.9. The van der Waals surface area contributed by atoms with Crippen LogP contribution in [0.25, 0.3) is 0 Å². The van der Waals surface area contributed by atoms with E-state index in [1.54, 1.807) is 0 Å². The van der Waals surface area contributed by atoms with Gasteiger partial charge >= 0.3 is 52.8 Å². The average Bonchev–Trinajstić information content (AvgIpc) is 3.27. The van der Waals surface area contributed by atoms with Crippen molar-refractivity contribution in [3.63, 3.8) is 0 Å². The number of ketones is 1. The summed E-state index contributed by atoms with van der Waals surface area (Å²) in [6.45, 7) is 1.35. The highest BCUT2D eigenvalue weighted by Crippen LogP contribution is 2.78. The van der Waals surface area contributed by atoms with E-state index in [9.17, 15) is 54.3 Å². The Morgan fingerprint density at radius 3 is 0.591 bits per heavy atom. The summed E-state index contributed by atoms with van der Waals surface area (Å²) in [5.74, 6) is -7.13. The van der Waals surface area contributed by atoms with Gasteiger partial charge in [0, 0.05) is 5.56 Å². The summed E-state index contributed by atoms with van der Waals surface area (Å²) in [4.78, 5) is 71.6. The van der Waals surface area contributed by atoms with Gasteiger partial charge in [0.2, 0.25) is 0 Å². The lowest BCUT2D eigenvalue weighted by Crippen LogP contribution is -2.11. The molecule has 0 saturated carbocycles. The van der Waals surface area contributed by atoms with Crippen LogP contribution in [-0.2, 0) is 0 Å². The first kappa shape index (κ1) is 45.8. The maximum atomic E-state index is 12.3. The first-order chi connectivity index (χ1) is 31.4. The normalized spacial score (nSPS) is 15.5. The van der Waals surface area contributed by atoms with Gasteiger partial charge in [0.15, 0.2) is 5.78 Å². The van der Waals surface area contributed by atoms with Crippen LogP contribution in [0.5, 0.6) is 34.5 Å². The highest BCUT2D eigenvalue weighted by atomic mass is 31.3. The number of hydrogen-bond donors (Lipinski definition) is 5. The quantitative estimate of drug-likeness (QED) is 0.0395. The van der Waals surface area contributed by atoms with Crippen LogP contribution in [0.2, 0.25) is 0 Å². The van der Waals surface area contributed by atoms with Gasteiger partial charge in [-0.1, -0.05) is 13.5 Å². The molecule has 5 N–H and O–H groups in total. The molecule has 0 aromatic heterocycles. The van der Waals surface area contributed by atoms with Crippen LogP contribution in [0.15, 0.2) is 159 Å². The molecule has 1 unspecified atom stereocenters. The molecular weight excluding hydrogens is 923 g/mol. The smallest absolute Gasteiger partial charge is 0.460 e. The standard InChI is InChI=1S/C43H32N3O17P3/c1-26(47)27-2-14-33(15-3-27)58-64(59-34-16-4-28(5-17-34)39(48)49)44-65(60-35-18-6-29(7-19-35)40(50)51,61-36-20-8-30(9-21-36)41(52)53)46-66(45-64,62-37-22-10-31(11-23-37)42(54)55)63-38-24-12-32(13-25-38)43(56)57/h2-25H,1H3,(H,48,49)(H,50,51)(H,52,53)(H,54,55)(H,56,57). The molecule has 1 aliphatic heterocycles. The fourth-order valence-corrected chi connectivity index (χ4v) is 14.7. The Hall–Kier alpha value is -8.17. The summed E-state index contributed by atoms with van der Waals surface area (Å²) in [5, 5.41) is 48.3. The molecule has 0 amide bonds. The lowest BCUT2D eigenvalue weighted by Gasteiger charge is -2.33. The van der Waals surface area contributed by atoms with Crippen molar-refractivity contribution >= 4 is 58.6 Å². The van der Waals surface area contributed by atoms with Crippen LogP contribution in [0.4, 0.5) is 0 Å². The van der Waals surface area contributed by atoms with E-state index >= 15 is 0 Å². The minimum absolute atomic E-state index is 0.0191. The fourth-order valence-electron chi connectivity index (χ4n) is 5.62. The van der Waals surface area contributed by atoms with Crippen LogP contribution < -0.4 is 27.1 Å². The lowest BCUT2D eigenvalue weighted by molar-refractivity contribution is 0.0686. The first-order valence-electron chi connectivity index (χ1n) is 18.8. The number of nitrogens with zero attached hydrogens (tertiary/aromatic N) is 3. The van der Waals surface area contributed by atoms with E-state index in [1.165, 1.54) is 153 Å². The number of carboxylic acids is 5. The second-order valence-corrected chi connectivity index (χ2v) is 19.7. The number of rotatable bonds is 18. The Morgan fingerprint density at radius 1 is 0.303 bits per heavy atom. The minimum atomic E-state index is -4.68. The third kappa shape index (κ3) is 10.9. The Morgan fingerprint density at radius 2 is 0.455 bits per heavy atom. The number of carbonyl (C=O) groups is 6. The SMILES string of the molecule is CC(=O)c1ccc(OP2(Oc3ccc(C(=O)O)cc3)=NP(Oc3ccc(C(=O)O)cc3)(Oc3ccc(C(=O)O)cc3)=NP(Oc3ccc(C(=O)O)cc3)(Oc3ccc(C(=O)O)cc3)=N2)cc1.